The molecule has 3 heteroatoms. The van der Waals surface area contributed by atoms with E-state index in [1.165, 1.54) is 6.42 Å². The Morgan fingerprint density at radius 3 is 2.42 bits per heavy atom. The molecule has 0 bridgehead atoms. The first-order valence-electron chi connectivity index (χ1n) is 4.07. The number of aromatic nitrogens is 1. The second kappa shape index (κ2) is 6.46. The van der Waals surface area contributed by atoms with Crippen molar-refractivity contribution in [2.45, 2.75) is 20.3 Å². The van der Waals surface area contributed by atoms with Gasteiger partial charge < -0.3 is 10.4 Å². The average molecular weight is 168 g/mol. The maximum atomic E-state index is 8.99. The topological polar surface area (TPSA) is 45.2 Å². The number of hydrogen-bond donors (Lipinski definition) is 2. The molecule has 0 fully saturated rings. The van der Waals surface area contributed by atoms with E-state index in [4.69, 9.17) is 5.11 Å². The van der Waals surface area contributed by atoms with Gasteiger partial charge in [-0.15, -0.1) is 0 Å². The second-order valence-corrected chi connectivity index (χ2v) is 2.33. The van der Waals surface area contributed by atoms with Gasteiger partial charge in [0, 0.05) is 13.2 Å². The third kappa shape index (κ3) is 3.81. The van der Waals surface area contributed by atoms with E-state index in [-0.39, 0.29) is 5.75 Å². The first kappa shape index (κ1) is 10.8. The number of aromatic hydroxyl groups is 1. The molecule has 0 amide bonds. The number of anilines is 1. The summed E-state index contributed by atoms with van der Waals surface area (Å²) in [5.74, 6) is 0.692. The monoisotopic (exact) mass is 168 g/mol. The van der Waals surface area contributed by atoms with Crippen molar-refractivity contribution >= 4 is 5.82 Å². The molecule has 0 aliphatic carbocycles. The van der Waals surface area contributed by atoms with Gasteiger partial charge in [0.25, 0.3) is 0 Å². The summed E-state index contributed by atoms with van der Waals surface area (Å²) in [4.78, 5) is 3.84. The van der Waals surface area contributed by atoms with Crippen molar-refractivity contribution in [3.05, 3.63) is 18.3 Å². The minimum Gasteiger partial charge on any atom is -0.504 e. The molecule has 0 saturated heterocycles. The zero-order valence-corrected chi connectivity index (χ0v) is 7.83. The largest absolute Gasteiger partial charge is 0.504 e. The molecule has 0 spiro atoms. The Balaban J connectivity index is 0.000000354. The molecule has 0 aliphatic heterocycles. The molecule has 0 radical (unpaired) electrons. The van der Waals surface area contributed by atoms with E-state index in [1.807, 2.05) is 0 Å². The summed E-state index contributed by atoms with van der Waals surface area (Å²) >= 11 is 0. The molecule has 68 valence electrons. The van der Waals surface area contributed by atoms with Crippen LogP contribution in [0.5, 0.6) is 5.75 Å². The third-order valence-electron chi connectivity index (χ3n) is 1.02. The highest BCUT2D eigenvalue weighted by Crippen LogP contribution is 2.16. The van der Waals surface area contributed by atoms with Crippen LogP contribution in [-0.4, -0.2) is 17.1 Å². The van der Waals surface area contributed by atoms with Gasteiger partial charge in [-0.05, 0) is 12.1 Å². The van der Waals surface area contributed by atoms with Crippen molar-refractivity contribution < 1.29 is 5.11 Å². The van der Waals surface area contributed by atoms with E-state index in [9.17, 15) is 0 Å². The first-order chi connectivity index (χ1) is 5.76. The Hall–Kier alpha value is -1.25. The van der Waals surface area contributed by atoms with Gasteiger partial charge in [-0.25, -0.2) is 4.98 Å². The fourth-order valence-corrected chi connectivity index (χ4v) is 0.589. The van der Waals surface area contributed by atoms with Gasteiger partial charge >= 0.3 is 0 Å². The van der Waals surface area contributed by atoms with Crippen molar-refractivity contribution in [2.24, 2.45) is 0 Å². The minimum atomic E-state index is 0.181. The molecular weight excluding hydrogens is 152 g/mol. The molecule has 12 heavy (non-hydrogen) atoms. The lowest BCUT2D eigenvalue weighted by molar-refractivity contribution is 0.475. The Bertz CT molecular complexity index is 213. The third-order valence-corrected chi connectivity index (χ3v) is 1.02. The fourth-order valence-electron chi connectivity index (χ4n) is 0.589. The Morgan fingerprint density at radius 2 is 2.08 bits per heavy atom. The van der Waals surface area contributed by atoms with Crippen LogP contribution < -0.4 is 5.32 Å². The van der Waals surface area contributed by atoms with Crippen molar-refractivity contribution in [3.63, 3.8) is 0 Å². The van der Waals surface area contributed by atoms with E-state index in [0.717, 1.165) is 0 Å². The molecule has 1 aromatic rings. The van der Waals surface area contributed by atoms with E-state index in [0.29, 0.717) is 5.82 Å². The van der Waals surface area contributed by atoms with Crippen molar-refractivity contribution in [2.75, 3.05) is 12.4 Å². The zero-order chi connectivity index (χ0) is 9.40. The average Bonchev–Trinajstić information content (AvgIpc) is 2.07. The maximum absolute atomic E-state index is 8.99. The highest BCUT2D eigenvalue weighted by Gasteiger charge is 1.93. The molecule has 0 saturated carbocycles. The Morgan fingerprint density at radius 1 is 1.50 bits per heavy atom. The van der Waals surface area contributed by atoms with Crippen LogP contribution in [0, 0.1) is 0 Å². The van der Waals surface area contributed by atoms with Gasteiger partial charge in [0.1, 0.15) is 0 Å². The van der Waals surface area contributed by atoms with Crippen LogP contribution in [0.15, 0.2) is 18.3 Å². The molecule has 3 nitrogen and oxygen atoms in total. The summed E-state index contributed by atoms with van der Waals surface area (Å²) in [5.41, 5.74) is 0. The summed E-state index contributed by atoms with van der Waals surface area (Å²) in [6.07, 6.45) is 2.87. The Kier molecular flexibility index (Phi) is 5.79. The Labute approximate surface area is 73.5 Å². The lowest BCUT2D eigenvalue weighted by atomic mass is 10.4. The van der Waals surface area contributed by atoms with Crippen LogP contribution in [0.4, 0.5) is 5.82 Å². The predicted octanol–water partition coefficient (Wildman–Crippen LogP) is 2.25. The molecule has 0 unspecified atom stereocenters. The van der Waals surface area contributed by atoms with E-state index in [1.54, 1.807) is 25.4 Å². The summed E-state index contributed by atoms with van der Waals surface area (Å²) in [7, 11) is 1.71. The minimum absolute atomic E-state index is 0.181. The van der Waals surface area contributed by atoms with E-state index >= 15 is 0 Å². The molecule has 0 aromatic carbocycles. The molecule has 1 aromatic heterocycles. The molecular formula is C9H16N2O. The quantitative estimate of drug-likeness (QED) is 0.676. The van der Waals surface area contributed by atoms with Crippen molar-refractivity contribution in [3.8, 4) is 5.75 Å². The van der Waals surface area contributed by atoms with Crippen molar-refractivity contribution in [1.29, 1.82) is 0 Å². The van der Waals surface area contributed by atoms with E-state index < -0.39 is 0 Å². The summed E-state index contributed by atoms with van der Waals surface area (Å²) in [6, 6.07) is 3.26. The number of hydrogen-bond acceptors (Lipinski definition) is 3. The molecule has 0 aliphatic rings. The standard InChI is InChI=1S/C6H8N2O.C3H8/c1-7-6-5(9)3-2-4-8-6;1-3-2/h2-4,9H,1H3,(H,7,8);3H2,1-2H3. The summed E-state index contributed by atoms with van der Waals surface area (Å²) < 4.78 is 0. The van der Waals surface area contributed by atoms with Gasteiger partial charge in [0.2, 0.25) is 0 Å². The van der Waals surface area contributed by atoms with Gasteiger partial charge in [-0.2, -0.15) is 0 Å². The number of rotatable bonds is 1. The lowest BCUT2D eigenvalue weighted by Crippen LogP contribution is -1.90. The molecule has 0 atom stereocenters. The highest BCUT2D eigenvalue weighted by atomic mass is 16.3. The highest BCUT2D eigenvalue weighted by molar-refractivity contribution is 5.47. The number of pyridine rings is 1. The molecule has 1 rings (SSSR count). The van der Waals surface area contributed by atoms with Crippen LogP contribution in [0.2, 0.25) is 0 Å². The maximum Gasteiger partial charge on any atom is 0.168 e. The smallest absolute Gasteiger partial charge is 0.168 e. The SMILES string of the molecule is CCC.CNc1ncccc1O. The normalized spacial score (nSPS) is 8.25. The zero-order valence-electron chi connectivity index (χ0n) is 7.83. The van der Waals surface area contributed by atoms with Crippen molar-refractivity contribution in [1.82, 2.24) is 4.98 Å². The molecule has 2 N–H and O–H groups in total. The summed E-state index contributed by atoms with van der Waals surface area (Å²) in [5, 5.41) is 11.7. The van der Waals surface area contributed by atoms with Crippen LogP contribution in [0.1, 0.15) is 20.3 Å². The van der Waals surface area contributed by atoms with Crippen LogP contribution in [0.25, 0.3) is 0 Å². The van der Waals surface area contributed by atoms with Gasteiger partial charge in [0.05, 0.1) is 0 Å². The fraction of sp³-hybridized carbons (Fsp3) is 0.444. The van der Waals surface area contributed by atoms with Gasteiger partial charge in [-0.3, -0.25) is 0 Å². The second-order valence-electron chi connectivity index (χ2n) is 2.33. The first-order valence-corrected chi connectivity index (χ1v) is 4.07. The van der Waals surface area contributed by atoms with Gasteiger partial charge in [0.15, 0.2) is 11.6 Å². The lowest BCUT2D eigenvalue weighted by Gasteiger charge is -1.98. The molecule has 1 heterocycles. The van der Waals surface area contributed by atoms with Gasteiger partial charge in [-0.1, -0.05) is 20.3 Å². The van der Waals surface area contributed by atoms with Crippen LogP contribution in [0.3, 0.4) is 0 Å². The van der Waals surface area contributed by atoms with E-state index in [2.05, 4.69) is 24.1 Å². The summed E-state index contributed by atoms with van der Waals surface area (Å²) in [6.45, 7) is 4.25. The number of nitrogens with one attached hydrogen (secondary N) is 1. The number of nitrogens with zero attached hydrogens (tertiary/aromatic N) is 1. The predicted molar refractivity (Wildman–Crippen MR) is 51.4 cm³/mol. The van der Waals surface area contributed by atoms with Crippen LogP contribution >= 0.6 is 0 Å². The van der Waals surface area contributed by atoms with Crippen LogP contribution in [-0.2, 0) is 0 Å².